The molecule has 2 atom stereocenters. The smallest absolute Gasteiger partial charge is 0.272 e. The Labute approximate surface area is 188 Å². The summed E-state index contributed by atoms with van der Waals surface area (Å²) in [5.41, 5.74) is 1.69. The van der Waals surface area contributed by atoms with Gasteiger partial charge < -0.3 is 19.7 Å². The average Bonchev–Trinajstić information content (AvgIpc) is 3.28. The Kier molecular flexibility index (Phi) is 5.10. The number of carbonyl (C=O) groups excluding carboxylic acids is 1. The van der Waals surface area contributed by atoms with Gasteiger partial charge in [0.25, 0.3) is 5.91 Å². The number of ether oxygens (including phenoxy) is 2. The van der Waals surface area contributed by atoms with Gasteiger partial charge in [-0.15, -0.1) is 0 Å². The van der Waals surface area contributed by atoms with E-state index in [9.17, 15) is 4.79 Å². The minimum absolute atomic E-state index is 0.0791. The maximum Gasteiger partial charge on any atom is 0.272 e. The Bertz CT molecular complexity index is 988. The highest BCUT2D eigenvalue weighted by Crippen LogP contribution is 2.44. The van der Waals surface area contributed by atoms with Gasteiger partial charge in [0.05, 0.1) is 30.7 Å². The van der Waals surface area contributed by atoms with Crippen LogP contribution in [0, 0.1) is 5.41 Å². The van der Waals surface area contributed by atoms with Crippen molar-refractivity contribution in [3.63, 3.8) is 0 Å². The molecule has 1 amide bonds. The molecule has 4 fully saturated rings. The normalized spacial score (nSPS) is 27.8. The van der Waals surface area contributed by atoms with Crippen LogP contribution in [0.5, 0.6) is 0 Å². The van der Waals surface area contributed by atoms with E-state index in [1.54, 1.807) is 4.68 Å². The molecule has 8 heteroatoms. The summed E-state index contributed by atoms with van der Waals surface area (Å²) in [6.45, 7) is 3.31. The SMILES string of the molecule is Cn1nc(C(=O)NC2CCC3(CCOCC3)CC2)c2ccc(N3C4CCC3COC4)nc21. The first-order valence-corrected chi connectivity index (χ1v) is 12.2. The first kappa shape index (κ1) is 20.4. The van der Waals surface area contributed by atoms with Crippen molar-refractivity contribution in [2.24, 2.45) is 12.5 Å². The number of fused-ring (bicyclic) bond motifs is 3. The van der Waals surface area contributed by atoms with Crippen molar-refractivity contribution in [1.29, 1.82) is 0 Å². The lowest BCUT2D eigenvalue weighted by Gasteiger charge is -2.42. The Morgan fingerprint density at radius 1 is 1.03 bits per heavy atom. The molecule has 1 N–H and O–H groups in total. The van der Waals surface area contributed by atoms with Crippen LogP contribution in [0.2, 0.25) is 0 Å². The van der Waals surface area contributed by atoms with Crippen LogP contribution in [0.4, 0.5) is 5.82 Å². The molecule has 2 aromatic heterocycles. The Hall–Kier alpha value is -2.19. The highest BCUT2D eigenvalue weighted by molar-refractivity contribution is 6.04. The zero-order valence-corrected chi connectivity index (χ0v) is 18.9. The maximum absolute atomic E-state index is 13.1. The number of pyridine rings is 1. The summed E-state index contributed by atoms with van der Waals surface area (Å²) in [6, 6.07) is 5.10. The van der Waals surface area contributed by atoms with Gasteiger partial charge in [0.1, 0.15) is 5.82 Å². The predicted octanol–water partition coefficient (Wildman–Crippen LogP) is 2.81. The molecule has 32 heavy (non-hydrogen) atoms. The van der Waals surface area contributed by atoms with Crippen LogP contribution in [-0.4, -0.2) is 65.2 Å². The largest absolute Gasteiger partial charge is 0.381 e. The third-order valence-corrected chi connectivity index (χ3v) is 8.33. The number of nitrogens with one attached hydrogen (secondary N) is 1. The Morgan fingerprint density at radius 3 is 2.47 bits per heavy atom. The fourth-order valence-corrected chi connectivity index (χ4v) is 6.37. The minimum atomic E-state index is -0.0791. The first-order valence-electron chi connectivity index (χ1n) is 12.2. The van der Waals surface area contributed by atoms with Crippen LogP contribution >= 0.6 is 0 Å². The van der Waals surface area contributed by atoms with E-state index in [1.807, 2.05) is 19.2 Å². The number of aromatic nitrogens is 3. The van der Waals surface area contributed by atoms with E-state index in [1.165, 1.54) is 12.8 Å². The van der Waals surface area contributed by atoms with Crippen molar-refractivity contribution in [2.45, 2.75) is 69.5 Å². The number of hydrogen-bond acceptors (Lipinski definition) is 6. The van der Waals surface area contributed by atoms with Gasteiger partial charge in [-0.1, -0.05) is 0 Å². The minimum Gasteiger partial charge on any atom is -0.381 e. The monoisotopic (exact) mass is 439 g/mol. The summed E-state index contributed by atoms with van der Waals surface area (Å²) < 4.78 is 13.0. The topological polar surface area (TPSA) is 81.5 Å². The lowest BCUT2D eigenvalue weighted by atomic mass is 9.68. The number of amides is 1. The number of carbonyl (C=O) groups is 1. The summed E-state index contributed by atoms with van der Waals surface area (Å²) >= 11 is 0. The predicted molar refractivity (Wildman–Crippen MR) is 121 cm³/mol. The third-order valence-electron chi connectivity index (χ3n) is 8.33. The third kappa shape index (κ3) is 3.48. The van der Waals surface area contributed by atoms with E-state index >= 15 is 0 Å². The van der Waals surface area contributed by atoms with Crippen LogP contribution in [0.3, 0.4) is 0 Å². The van der Waals surface area contributed by atoms with Gasteiger partial charge in [-0.25, -0.2) is 9.67 Å². The van der Waals surface area contributed by atoms with Crippen molar-refractivity contribution >= 4 is 22.8 Å². The van der Waals surface area contributed by atoms with Crippen LogP contribution in [-0.2, 0) is 16.5 Å². The molecular formula is C24H33N5O3. The fraction of sp³-hybridized carbons (Fsp3) is 0.708. The van der Waals surface area contributed by atoms with Gasteiger partial charge in [-0.2, -0.15) is 5.10 Å². The zero-order chi connectivity index (χ0) is 21.7. The zero-order valence-electron chi connectivity index (χ0n) is 18.9. The molecule has 3 saturated heterocycles. The van der Waals surface area contributed by atoms with E-state index < -0.39 is 0 Å². The molecule has 0 radical (unpaired) electrons. The molecule has 172 valence electrons. The molecule has 1 saturated carbocycles. The molecule has 5 heterocycles. The molecule has 1 aliphatic carbocycles. The van der Waals surface area contributed by atoms with Crippen LogP contribution in [0.1, 0.15) is 61.9 Å². The number of anilines is 1. The highest BCUT2D eigenvalue weighted by Gasteiger charge is 2.39. The van der Waals surface area contributed by atoms with E-state index in [4.69, 9.17) is 14.5 Å². The lowest BCUT2D eigenvalue weighted by molar-refractivity contribution is -0.00902. The highest BCUT2D eigenvalue weighted by atomic mass is 16.5. The summed E-state index contributed by atoms with van der Waals surface area (Å²) in [7, 11) is 1.87. The van der Waals surface area contributed by atoms with Gasteiger partial charge in [-0.05, 0) is 68.9 Å². The van der Waals surface area contributed by atoms with E-state index in [0.29, 0.717) is 23.2 Å². The molecule has 1 spiro atoms. The van der Waals surface area contributed by atoms with Crippen LogP contribution in [0.15, 0.2) is 12.1 Å². The molecule has 8 nitrogen and oxygen atoms in total. The molecular weight excluding hydrogens is 406 g/mol. The van der Waals surface area contributed by atoms with Gasteiger partial charge >= 0.3 is 0 Å². The van der Waals surface area contributed by atoms with Crippen molar-refractivity contribution in [2.75, 3.05) is 31.3 Å². The van der Waals surface area contributed by atoms with Crippen molar-refractivity contribution in [3.8, 4) is 0 Å². The molecule has 3 aliphatic heterocycles. The maximum atomic E-state index is 13.1. The molecule has 2 unspecified atom stereocenters. The van der Waals surface area contributed by atoms with Gasteiger partial charge in [0, 0.05) is 26.3 Å². The number of hydrogen-bond donors (Lipinski definition) is 1. The summed E-state index contributed by atoms with van der Waals surface area (Å²) in [4.78, 5) is 20.5. The van der Waals surface area contributed by atoms with Crippen molar-refractivity contribution < 1.29 is 14.3 Å². The lowest BCUT2D eigenvalue weighted by Crippen LogP contribution is -2.46. The summed E-state index contributed by atoms with van der Waals surface area (Å²) in [5.74, 6) is 0.891. The van der Waals surface area contributed by atoms with Gasteiger partial charge in [0.2, 0.25) is 0 Å². The quantitative estimate of drug-likeness (QED) is 0.792. The number of aryl methyl sites for hydroxylation is 1. The standard InChI is InChI=1S/C24H33N5O3/c1-28-22-19(4-5-20(26-22)29-17-2-3-18(29)15-32-14-17)21(27-28)23(30)25-16-6-8-24(9-7-16)10-12-31-13-11-24/h4-5,16-18H,2-3,6-15H2,1H3,(H,25,30). The van der Waals surface area contributed by atoms with E-state index in [-0.39, 0.29) is 11.9 Å². The molecule has 2 bridgehead atoms. The summed E-state index contributed by atoms with van der Waals surface area (Å²) in [6.07, 6.45) is 9.07. The molecule has 6 rings (SSSR count). The van der Waals surface area contributed by atoms with Crippen LogP contribution < -0.4 is 10.2 Å². The second kappa shape index (κ2) is 7.99. The number of rotatable bonds is 3. The van der Waals surface area contributed by atoms with E-state index in [2.05, 4.69) is 15.3 Å². The first-order chi connectivity index (χ1) is 15.6. The second-order valence-corrected chi connectivity index (χ2v) is 10.2. The van der Waals surface area contributed by atoms with Crippen molar-refractivity contribution in [1.82, 2.24) is 20.1 Å². The molecule has 0 aromatic carbocycles. The van der Waals surface area contributed by atoms with Crippen molar-refractivity contribution in [3.05, 3.63) is 17.8 Å². The van der Waals surface area contributed by atoms with Crippen LogP contribution in [0.25, 0.3) is 11.0 Å². The molecule has 2 aromatic rings. The summed E-state index contributed by atoms with van der Waals surface area (Å²) in [5, 5.41) is 8.65. The Morgan fingerprint density at radius 2 is 1.75 bits per heavy atom. The van der Waals surface area contributed by atoms with E-state index in [0.717, 1.165) is 81.8 Å². The second-order valence-electron chi connectivity index (χ2n) is 10.2. The fourth-order valence-electron chi connectivity index (χ4n) is 6.37. The van der Waals surface area contributed by atoms with Gasteiger partial charge in [0.15, 0.2) is 11.3 Å². The average molecular weight is 440 g/mol. The molecule has 4 aliphatic rings. The van der Waals surface area contributed by atoms with Gasteiger partial charge in [-0.3, -0.25) is 4.79 Å². The number of morpholine rings is 1. The Balaban J connectivity index is 1.18. The number of nitrogens with zero attached hydrogens (tertiary/aromatic N) is 4.